The number of hydrogen-bond donors (Lipinski definition) is 2. The van der Waals surface area contributed by atoms with Gasteiger partial charge in [-0.3, -0.25) is 4.90 Å². The molecule has 2 atom stereocenters. The Bertz CT molecular complexity index is 472. The molecule has 4 heteroatoms. The molecule has 0 bridgehead atoms. The molecule has 1 aliphatic carbocycles. The van der Waals surface area contributed by atoms with Gasteiger partial charge in [-0.2, -0.15) is 0 Å². The van der Waals surface area contributed by atoms with Crippen molar-refractivity contribution in [2.45, 2.75) is 37.8 Å². The summed E-state index contributed by atoms with van der Waals surface area (Å²) in [5.74, 6) is 0.934. The summed E-state index contributed by atoms with van der Waals surface area (Å²) in [5, 5.41) is 13.0. The summed E-state index contributed by atoms with van der Waals surface area (Å²) in [4.78, 5) is 2.45. The summed E-state index contributed by atoms with van der Waals surface area (Å²) in [6.07, 6.45) is 4.80. The van der Waals surface area contributed by atoms with E-state index in [9.17, 15) is 5.11 Å². The van der Waals surface area contributed by atoms with Crippen LogP contribution in [0.15, 0.2) is 18.2 Å². The van der Waals surface area contributed by atoms with E-state index in [-0.39, 0.29) is 6.61 Å². The predicted molar refractivity (Wildman–Crippen MR) is 83.7 cm³/mol. The first-order chi connectivity index (χ1) is 10.3. The first-order valence-electron chi connectivity index (χ1n) is 8.07. The summed E-state index contributed by atoms with van der Waals surface area (Å²) in [7, 11) is 1.72. The third kappa shape index (κ3) is 3.23. The van der Waals surface area contributed by atoms with Gasteiger partial charge in [-0.15, -0.1) is 0 Å². The molecule has 1 saturated heterocycles. The highest BCUT2D eigenvalue weighted by molar-refractivity contribution is 5.40. The summed E-state index contributed by atoms with van der Waals surface area (Å²) in [6.45, 7) is 3.14. The molecule has 0 aromatic heterocycles. The number of ether oxygens (including phenoxy) is 1. The molecule has 0 spiro atoms. The zero-order valence-corrected chi connectivity index (χ0v) is 12.8. The lowest BCUT2D eigenvalue weighted by atomic mass is 10.1. The maximum atomic E-state index is 9.43. The molecule has 1 aliphatic heterocycles. The second kappa shape index (κ2) is 6.77. The molecule has 21 heavy (non-hydrogen) atoms. The van der Waals surface area contributed by atoms with Gasteiger partial charge in [0, 0.05) is 25.2 Å². The highest BCUT2D eigenvalue weighted by Gasteiger charge is 2.30. The van der Waals surface area contributed by atoms with Gasteiger partial charge in [-0.05, 0) is 55.5 Å². The molecule has 2 aliphatic rings. The Morgan fingerprint density at radius 3 is 3.00 bits per heavy atom. The van der Waals surface area contributed by atoms with Gasteiger partial charge in [0.2, 0.25) is 0 Å². The quantitative estimate of drug-likeness (QED) is 0.837. The molecule has 3 rings (SSSR count). The highest BCUT2D eigenvalue weighted by atomic mass is 16.5. The van der Waals surface area contributed by atoms with Crippen molar-refractivity contribution in [2.24, 2.45) is 0 Å². The van der Waals surface area contributed by atoms with Crippen LogP contribution in [0.3, 0.4) is 0 Å². The van der Waals surface area contributed by atoms with Gasteiger partial charge in [-0.1, -0.05) is 6.07 Å². The number of rotatable bonds is 6. The maximum absolute atomic E-state index is 9.43. The van der Waals surface area contributed by atoms with Gasteiger partial charge < -0.3 is 15.2 Å². The maximum Gasteiger partial charge on any atom is 0.119 e. The van der Waals surface area contributed by atoms with Crippen LogP contribution < -0.4 is 10.1 Å². The Kier molecular flexibility index (Phi) is 4.78. The highest BCUT2D eigenvalue weighted by Crippen LogP contribution is 2.37. The number of nitrogens with zero attached hydrogens (tertiary/aromatic N) is 1. The Morgan fingerprint density at radius 2 is 2.29 bits per heavy atom. The molecule has 0 amide bonds. The van der Waals surface area contributed by atoms with Gasteiger partial charge in [0.1, 0.15) is 5.75 Å². The fraction of sp³-hybridized carbons (Fsp3) is 0.647. The molecule has 1 aromatic rings. The van der Waals surface area contributed by atoms with E-state index in [1.807, 2.05) is 0 Å². The van der Waals surface area contributed by atoms with Crippen LogP contribution in [0, 0.1) is 0 Å². The summed E-state index contributed by atoms with van der Waals surface area (Å²) < 4.78 is 5.38. The van der Waals surface area contributed by atoms with Crippen molar-refractivity contribution in [1.29, 1.82) is 0 Å². The zero-order valence-electron chi connectivity index (χ0n) is 12.8. The second-order valence-electron chi connectivity index (χ2n) is 6.13. The van der Waals surface area contributed by atoms with E-state index < -0.39 is 0 Å². The van der Waals surface area contributed by atoms with Gasteiger partial charge in [0.15, 0.2) is 0 Å². The van der Waals surface area contributed by atoms with Crippen LogP contribution in [0.4, 0.5) is 0 Å². The van der Waals surface area contributed by atoms with Crippen LogP contribution in [0.1, 0.15) is 36.4 Å². The Morgan fingerprint density at radius 1 is 1.38 bits per heavy atom. The summed E-state index contributed by atoms with van der Waals surface area (Å²) >= 11 is 0. The lowest BCUT2D eigenvalue weighted by molar-refractivity contribution is 0.139. The number of hydrogen-bond acceptors (Lipinski definition) is 4. The number of aryl methyl sites for hydroxylation is 1. The third-order valence-electron chi connectivity index (χ3n) is 4.84. The van der Waals surface area contributed by atoms with Gasteiger partial charge in [0.05, 0.1) is 13.7 Å². The average Bonchev–Trinajstić information content (AvgIpc) is 3.15. The number of methoxy groups -OCH3 is 1. The Labute approximate surface area is 127 Å². The minimum absolute atomic E-state index is 0.225. The van der Waals surface area contributed by atoms with Crippen LogP contribution >= 0.6 is 0 Å². The summed E-state index contributed by atoms with van der Waals surface area (Å²) in [5.41, 5.74) is 2.82. The molecule has 1 fully saturated rings. The van der Waals surface area contributed by atoms with E-state index in [4.69, 9.17) is 4.74 Å². The van der Waals surface area contributed by atoms with Crippen molar-refractivity contribution in [2.75, 3.05) is 33.4 Å². The molecule has 1 heterocycles. The molecule has 2 unspecified atom stereocenters. The fourth-order valence-corrected chi connectivity index (χ4v) is 3.76. The second-order valence-corrected chi connectivity index (χ2v) is 6.13. The number of fused-ring (bicyclic) bond motifs is 1. The molecule has 4 nitrogen and oxygen atoms in total. The first-order valence-corrected chi connectivity index (χ1v) is 8.07. The fourth-order valence-electron chi connectivity index (χ4n) is 3.76. The van der Waals surface area contributed by atoms with Crippen molar-refractivity contribution < 1.29 is 9.84 Å². The van der Waals surface area contributed by atoms with Gasteiger partial charge in [0.25, 0.3) is 0 Å². The van der Waals surface area contributed by atoms with Crippen molar-refractivity contribution in [3.63, 3.8) is 0 Å². The minimum Gasteiger partial charge on any atom is -0.497 e. The standard InChI is InChI=1S/C17H26N2O2/c1-21-15-6-4-13-5-7-17(16(13)11-15)19(9-10-20)12-14-3-2-8-18-14/h4,6,11,14,17-18,20H,2-3,5,7-10,12H2,1H3. The lowest BCUT2D eigenvalue weighted by Gasteiger charge is -2.31. The molecule has 0 saturated carbocycles. The van der Waals surface area contributed by atoms with Gasteiger partial charge >= 0.3 is 0 Å². The van der Waals surface area contributed by atoms with Crippen molar-refractivity contribution >= 4 is 0 Å². The number of aliphatic hydroxyl groups excluding tert-OH is 1. The third-order valence-corrected chi connectivity index (χ3v) is 4.84. The van der Waals surface area contributed by atoms with E-state index in [0.29, 0.717) is 12.1 Å². The predicted octanol–water partition coefficient (Wildman–Crippen LogP) is 1.73. The normalized spacial score (nSPS) is 24.5. The van der Waals surface area contributed by atoms with Crippen molar-refractivity contribution in [3.8, 4) is 5.75 Å². The number of aliphatic hydroxyl groups is 1. The lowest BCUT2D eigenvalue weighted by Crippen LogP contribution is -2.40. The average molecular weight is 290 g/mol. The topological polar surface area (TPSA) is 44.7 Å². The van der Waals surface area contributed by atoms with E-state index >= 15 is 0 Å². The summed E-state index contributed by atoms with van der Waals surface area (Å²) in [6, 6.07) is 7.42. The molecular formula is C17H26N2O2. The first kappa shape index (κ1) is 14.8. The zero-order chi connectivity index (χ0) is 14.7. The van der Waals surface area contributed by atoms with E-state index in [2.05, 4.69) is 28.4 Å². The van der Waals surface area contributed by atoms with Crippen LogP contribution in [-0.2, 0) is 6.42 Å². The SMILES string of the molecule is COc1ccc2c(c1)C(N(CCO)CC1CCCN1)CC2. The van der Waals surface area contributed by atoms with Gasteiger partial charge in [-0.25, -0.2) is 0 Å². The number of nitrogens with one attached hydrogen (secondary N) is 1. The largest absolute Gasteiger partial charge is 0.497 e. The van der Waals surface area contributed by atoms with Crippen LogP contribution in [0.2, 0.25) is 0 Å². The van der Waals surface area contributed by atoms with Crippen LogP contribution in [-0.4, -0.2) is 49.4 Å². The van der Waals surface area contributed by atoms with Crippen molar-refractivity contribution in [3.05, 3.63) is 29.3 Å². The van der Waals surface area contributed by atoms with Crippen molar-refractivity contribution in [1.82, 2.24) is 10.2 Å². The van der Waals surface area contributed by atoms with E-state index in [0.717, 1.165) is 38.2 Å². The monoisotopic (exact) mass is 290 g/mol. The van der Waals surface area contributed by atoms with Crippen LogP contribution in [0.25, 0.3) is 0 Å². The molecule has 2 N–H and O–H groups in total. The molecule has 0 radical (unpaired) electrons. The smallest absolute Gasteiger partial charge is 0.119 e. The molecule has 116 valence electrons. The Balaban J connectivity index is 1.77. The van der Waals surface area contributed by atoms with E-state index in [1.54, 1.807) is 7.11 Å². The Hall–Kier alpha value is -1.10. The number of benzene rings is 1. The van der Waals surface area contributed by atoms with E-state index in [1.165, 1.54) is 24.0 Å². The molecular weight excluding hydrogens is 264 g/mol. The van der Waals surface area contributed by atoms with Crippen LogP contribution in [0.5, 0.6) is 5.75 Å². The molecule has 1 aromatic carbocycles. The minimum atomic E-state index is 0.225.